The zero-order chi connectivity index (χ0) is 10.8. The summed E-state index contributed by atoms with van der Waals surface area (Å²) in [4.78, 5) is 0.767. The summed E-state index contributed by atoms with van der Waals surface area (Å²) < 4.78 is 5.38. The molecule has 1 N–H and O–H groups in total. The minimum atomic E-state index is -0.736. The van der Waals surface area contributed by atoms with Crippen molar-refractivity contribution in [3.8, 4) is 0 Å². The fourth-order valence-electron chi connectivity index (χ4n) is 1.35. The fourth-order valence-corrected chi connectivity index (χ4v) is 2.09. The van der Waals surface area contributed by atoms with Crippen LogP contribution in [0, 0.1) is 0 Å². The van der Waals surface area contributed by atoms with E-state index in [2.05, 4.69) is 19.9 Å². The quantitative estimate of drug-likeness (QED) is 0.813. The van der Waals surface area contributed by atoms with Crippen molar-refractivity contribution in [3.63, 3.8) is 0 Å². The first-order valence-corrected chi connectivity index (χ1v) is 5.35. The lowest BCUT2D eigenvalue weighted by molar-refractivity contribution is 0.212. The van der Waals surface area contributed by atoms with Gasteiger partial charge in [0.2, 0.25) is 0 Å². The van der Waals surface area contributed by atoms with Gasteiger partial charge in [-0.1, -0.05) is 16.6 Å². The van der Waals surface area contributed by atoms with Gasteiger partial charge in [0.1, 0.15) is 6.10 Å². The van der Waals surface area contributed by atoms with E-state index in [-0.39, 0.29) is 0 Å². The molecule has 0 bridgehead atoms. The highest BCUT2D eigenvalue weighted by Gasteiger charge is 2.20. The molecule has 0 aliphatic heterocycles. The molecule has 0 saturated carbocycles. The lowest BCUT2D eigenvalue weighted by atomic mass is 10.2. The van der Waals surface area contributed by atoms with E-state index >= 15 is 0 Å². The second-order valence-electron chi connectivity index (χ2n) is 3.12. The molecule has 2 rings (SSSR count). The third kappa shape index (κ3) is 1.75. The summed E-state index contributed by atoms with van der Waals surface area (Å²) in [5.41, 5.74) is 1.48. The van der Waals surface area contributed by atoms with Crippen LogP contribution in [0.5, 0.6) is 0 Å². The highest BCUT2D eigenvalue weighted by molar-refractivity contribution is 7.05. The lowest BCUT2D eigenvalue weighted by Crippen LogP contribution is -2.07. The lowest BCUT2D eigenvalue weighted by Gasteiger charge is -2.08. The third-order valence-electron chi connectivity index (χ3n) is 2.20. The van der Waals surface area contributed by atoms with Crippen molar-refractivity contribution in [1.82, 2.24) is 24.6 Å². The van der Waals surface area contributed by atoms with Gasteiger partial charge in [-0.05, 0) is 18.0 Å². The van der Waals surface area contributed by atoms with E-state index in [4.69, 9.17) is 0 Å². The predicted molar refractivity (Wildman–Crippen MR) is 54.4 cm³/mol. The Morgan fingerprint density at radius 2 is 2.40 bits per heavy atom. The van der Waals surface area contributed by atoms with Crippen molar-refractivity contribution in [2.45, 2.75) is 19.4 Å². The van der Waals surface area contributed by atoms with Crippen molar-refractivity contribution < 1.29 is 5.11 Å². The van der Waals surface area contributed by atoms with Crippen molar-refractivity contribution in [2.24, 2.45) is 7.05 Å². The molecular formula is C8H11N5OS. The van der Waals surface area contributed by atoms with E-state index in [0.29, 0.717) is 5.69 Å². The molecule has 0 fully saturated rings. The molecule has 2 aromatic rings. The fraction of sp³-hybridized carbons (Fsp3) is 0.500. The van der Waals surface area contributed by atoms with Gasteiger partial charge in [-0.2, -0.15) is 0 Å². The predicted octanol–water partition coefficient (Wildman–Crippen LogP) is 0.311. The van der Waals surface area contributed by atoms with Crippen LogP contribution < -0.4 is 0 Å². The minimum absolute atomic E-state index is 0.649. The molecule has 1 unspecified atom stereocenters. The molecule has 6 nitrogen and oxygen atoms in total. The number of aliphatic hydroxyl groups excluding tert-OH is 1. The Hall–Kier alpha value is -1.34. The molecule has 0 aliphatic carbocycles. The van der Waals surface area contributed by atoms with Crippen LogP contribution in [0.15, 0.2) is 6.20 Å². The van der Waals surface area contributed by atoms with Gasteiger partial charge in [0.05, 0.1) is 22.5 Å². The molecule has 0 aromatic carbocycles. The summed E-state index contributed by atoms with van der Waals surface area (Å²) in [6.45, 7) is 1.98. The molecule has 0 saturated heterocycles. The summed E-state index contributed by atoms with van der Waals surface area (Å²) in [6, 6.07) is 0. The maximum Gasteiger partial charge on any atom is 0.135 e. The number of aryl methyl sites for hydroxylation is 2. The molecule has 0 radical (unpaired) electrons. The van der Waals surface area contributed by atoms with Gasteiger partial charge >= 0.3 is 0 Å². The van der Waals surface area contributed by atoms with Crippen LogP contribution in [0.1, 0.15) is 29.3 Å². The van der Waals surface area contributed by atoms with Crippen molar-refractivity contribution >= 4 is 11.5 Å². The standard InChI is InChI=1S/C8H11N5OS/c1-3-5-8(15-12-10-5)7(14)6-4-9-11-13(6)2/h4,7,14H,3H2,1-2H3. The topological polar surface area (TPSA) is 76.7 Å². The van der Waals surface area contributed by atoms with Gasteiger partial charge in [-0.3, -0.25) is 0 Å². The SMILES string of the molecule is CCc1nnsc1C(O)c1cnnn1C. The van der Waals surface area contributed by atoms with E-state index in [0.717, 1.165) is 17.0 Å². The van der Waals surface area contributed by atoms with Gasteiger partial charge in [-0.15, -0.1) is 10.2 Å². The monoisotopic (exact) mass is 225 g/mol. The highest BCUT2D eigenvalue weighted by Crippen LogP contribution is 2.25. The van der Waals surface area contributed by atoms with Crippen LogP contribution in [0.4, 0.5) is 0 Å². The number of hydrogen-bond acceptors (Lipinski definition) is 6. The molecule has 15 heavy (non-hydrogen) atoms. The first-order chi connectivity index (χ1) is 7.24. The Kier molecular flexibility index (Phi) is 2.74. The molecule has 1 atom stereocenters. The molecule has 80 valence electrons. The average molecular weight is 225 g/mol. The Labute approximate surface area is 90.7 Å². The third-order valence-corrected chi connectivity index (χ3v) is 3.02. The smallest absolute Gasteiger partial charge is 0.135 e. The summed E-state index contributed by atoms with van der Waals surface area (Å²) in [5.74, 6) is 0. The molecule has 2 aromatic heterocycles. The number of aliphatic hydroxyl groups is 1. The molecular weight excluding hydrogens is 214 g/mol. The number of nitrogens with zero attached hydrogens (tertiary/aromatic N) is 5. The van der Waals surface area contributed by atoms with E-state index in [1.54, 1.807) is 17.9 Å². The largest absolute Gasteiger partial charge is 0.381 e. The van der Waals surface area contributed by atoms with Gasteiger partial charge < -0.3 is 5.11 Å². The van der Waals surface area contributed by atoms with Crippen LogP contribution in [-0.2, 0) is 13.5 Å². The van der Waals surface area contributed by atoms with Gasteiger partial charge in [-0.25, -0.2) is 4.68 Å². The zero-order valence-electron chi connectivity index (χ0n) is 8.45. The Bertz CT molecular complexity index is 451. The summed E-state index contributed by atoms with van der Waals surface area (Å²) in [6.07, 6.45) is 1.57. The second kappa shape index (κ2) is 4.03. The molecule has 7 heteroatoms. The maximum absolute atomic E-state index is 10.1. The molecule has 2 heterocycles. The van der Waals surface area contributed by atoms with E-state index in [1.165, 1.54) is 11.5 Å². The van der Waals surface area contributed by atoms with Crippen LogP contribution in [0.25, 0.3) is 0 Å². The number of rotatable bonds is 3. The Balaban J connectivity index is 2.36. The summed E-state index contributed by atoms with van der Waals surface area (Å²) >= 11 is 1.21. The Morgan fingerprint density at radius 3 is 3.00 bits per heavy atom. The summed E-state index contributed by atoms with van der Waals surface area (Å²) in [7, 11) is 1.74. The van der Waals surface area contributed by atoms with E-state index in [1.807, 2.05) is 6.92 Å². The Morgan fingerprint density at radius 1 is 1.60 bits per heavy atom. The molecule has 0 amide bonds. The highest BCUT2D eigenvalue weighted by atomic mass is 32.1. The van der Waals surface area contributed by atoms with Gasteiger partial charge in [0, 0.05) is 7.05 Å². The van der Waals surface area contributed by atoms with Crippen molar-refractivity contribution in [1.29, 1.82) is 0 Å². The minimum Gasteiger partial charge on any atom is -0.381 e. The van der Waals surface area contributed by atoms with Crippen LogP contribution in [-0.4, -0.2) is 29.7 Å². The van der Waals surface area contributed by atoms with Crippen LogP contribution >= 0.6 is 11.5 Å². The van der Waals surface area contributed by atoms with E-state index < -0.39 is 6.10 Å². The second-order valence-corrected chi connectivity index (χ2v) is 3.91. The van der Waals surface area contributed by atoms with Crippen molar-refractivity contribution in [3.05, 3.63) is 22.5 Å². The maximum atomic E-state index is 10.1. The first-order valence-electron chi connectivity index (χ1n) is 4.57. The summed E-state index contributed by atoms with van der Waals surface area (Å²) in [5, 5.41) is 21.5. The number of hydrogen-bond donors (Lipinski definition) is 1. The molecule has 0 spiro atoms. The van der Waals surface area contributed by atoms with Gasteiger partial charge in [0.15, 0.2) is 0 Å². The van der Waals surface area contributed by atoms with E-state index in [9.17, 15) is 5.11 Å². The van der Waals surface area contributed by atoms with Gasteiger partial charge in [0.25, 0.3) is 0 Å². The number of aromatic nitrogens is 5. The van der Waals surface area contributed by atoms with Crippen molar-refractivity contribution in [2.75, 3.05) is 0 Å². The van der Waals surface area contributed by atoms with Crippen LogP contribution in [0.3, 0.4) is 0 Å². The first kappa shape index (κ1) is 10.2. The molecule has 0 aliphatic rings. The normalized spacial score (nSPS) is 13.0. The zero-order valence-corrected chi connectivity index (χ0v) is 9.27. The average Bonchev–Trinajstić information content (AvgIpc) is 2.84. The van der Waals surface area contributed by atoms with Crippen LogP contribution in [0.2, 0.25) is 0 Å².